The Hall–Kier alpha value is 0.190. The molecule has 0 aliphatic heterocycles. The molecule has 0 fully saturated rings. The molecule has 1 rings (SSSR count). The van der Waals surface area contributed by atoms with E-state index >= 15 is 0 Å². The van der Waals surface area contributed by atoms with Gasteiger partial charge in [-0.1, -0.05) is 29.8 Å². The summed E-state index contributed by atoms with van der Waals surface area (Å²) in [4.78, 5) is 0. The summed E-state index contributed by atoms with van der Waals surface area (Å²) in [6, 6.07) is 3.10. The summed E-state index contributed by atoms with van der Waals surface area (Å²) in [6.07, 6.45) is 0. The highest BCUT2D eigenvalue weighted by Gasteiger charge is 2.31. The molecule has 0 unspecified atom stereocenters. The third-order valence-corrected chi connectivity index (χ3v) is 4.01. The van der Waals surface area contributed by atoms with Gasteiger partial charge in [0.1, 0.15) is 5.75 Å². The van der Waals surface area contributed by atoms with E-state index in [0.717, 1.165) is 4.47 Å². The molecular weight excluding hydrogens is 373 g/mol. The molecule has 0 spiro atoms. The van der Waals surface area contributed by atoms with Crippen molar-refractivity contribution in [2.75, 3.05) is 6.61 Å². The Morgan fingerprint density at radius 2 is 1.76 bits per heavy atom. The lowest BCUT2D eigenvalue weighted by Crippen LogP contribution is -2.32. The standard InChI is InChI=1S/C11H15Br2NO2.ClH/c1-11(2,5-15)10(14)8-6(12)3-4-7(13)9(8)16;/h3-4,10,15-16H,5,14H2,1-2H3;1H/t10-;/m1./s1. The lowest BCUT2D eigenvalue weighted by molar-refractivity contribution is 0.131. The molecule has 0 aliphatic rings. The van der Waals surface area contributed by atoms with Gasteiger partial charge >= 0.3 is 0 Å². The van der Waals surface area contributed by atoms with Crippen LogP contribution < -0.4 is 5.73 Å². The molecule has 1 atom stereocenters. The van der Waals surface area contributed by atoms with Crippen molar-refractivity contribution in [2.24, 2.45) is 11.1 Å². The van der Waals surface area contributed by atoms with Crippen LogP contribution in [0.2, 0.25) is 0 Å². The zero-order chi connectivity index (χ0) is 12.5. The quantitative estimate of drug-likeness (QED) is 0.743. The average molecular weight is 390 g/mol. The highest BCUT2D eigenvalue weighted by molar-refractivity contribution is 9.11. The Bertz CT molecular complexity index is 399. The molecule has 3 nitrogen and oxygen atoms in total. The largest absolute Gasteiger partial charge is 0.506 e. The predicted octanol–water partition coefficient (Wildman–Crippen LogP) is 3.36. The molecule has 0 aliphatic carbocycles. The first kappa shape index (κ1) is 17.2. The number of halogens is 3. The van der Waals surface area contributed by atoms with Crippen molar-refractivity contribution in [3.8, 4) is 5.75 Å². The topological polar surface area (TPSA) is 66.5 Å². The first-order valence-electron chi connectivity index (χ1n) is 4.84. The van der Waals surface area contributed by atoms with Gasteiger partial charge in [0.25, 0.3) is 0 Å². The van der Waals surface area contributed by atoms with Crippen molar-refractivity contribution in [1.29, 1.82) is 0 Å². The minimum atomic E-state index is -0.499. The zero-order valence-electron chi connectivity index (χ0n) is 9.58. The molecule has 4 N–H and O–H groups in total. The average Bonchev–Trinajstić information content (AvgIpc) is 2.24. The van der Waals surface area contributed by atoms with E-state index in [-0.39, 0.29) is 24.8 Å². The number of rotatable bonds is 3. The molecule has 0 saturated heterocycles. The lowest BCUT2D eigenvalue weighted by atomic mass is 9.81. The normalized spacial score (nSPS) is 13.1. The summed E-state index contributed by atoms with van der Waals surface area (Å²) in [5.74, 6) is 0.114. The van der Waals surface area contributed by atoms with Crippen molar-refractivity contribution in [3.63, 3.8) is 0 Å². The van der Waals surface area contributed by atoms with Gasteiger partial charge in [0.15, 0.2) is 0 Å². The number of hydrogen-bond donors (Lipinski definition) is 3. The van der Waals surface area contributed by atoms with Gasteiger partial charge in [-0.25, -0.2) is 0 Å². The van der Waals surface area contributed by atoms with Gasteiger partial charge in [-0.05, 0) is 28.1 Å². The van der Waals surface area contributed by atoms with Crippen LogP contribution in [0.1, 0.15) is 25.5 Å². The maximum atomic E-state index is 9.97. The Labute approximate surface area is 124 Å². The van der Waals surface area contributed by atoms with Gasteiger partial charge < -0.3 is 15.9 Å². The van der Waals surface area contributed by atoms with E-state index in [2.05, 4.69) is 31.9 Å². The maximum Gasteiger partial charge on any atom is 0.135 e. The number of phenolic OH excluding ortho intramolecular Hbond substituents is 1. The Balaban J connectivity index is 0.00000256. The molecule has 1 aromatic carbocycles. The van der Waals surface area contributed by atoms with Crippen molar-refractivity contribution >= 4 is 44.3 Å². The molecule has 0 bridgehead atoms. The van der Waals surface area contributed by atoms with Gasteiger partial charge in [0, 0.05) is 28.1 Å². The van der Waals surface area contributed by atoms with Crippen molar-refractivity contribution in [3.05, 3.63) is 26.6 Å². The van der Waals surface area contributed by atoms with Crippen molar-refractivity contribution < 1.29 is 10.2 Å². The van der Waals surface area contributed by atoms with Gasteiger partial charge in [-0.3, -0.25) is 0 Å². The van der Waals surface area contributed by atoms with E-state index in [0.29, 0.717) is 10.0 Å². The summed E-state index contributed by atoms with van der Waals surface area (Å²) >= 11 is 6.61. The predicted molar refractivity (Wildman–Crippen MR) is 78.6 cm³/mol. The van der Waals surface area contributed by atoms with Crippen LogP contribution in [0.3, 0.4) is 0 Å². The van der Waals surface area contributed by atoms with Crippen LogP contribution >= 0.6 is 44.3 Å². The number of benzene rings is 1. The SMILES string of the molecule is CC(C)(CO)[C@H](N)c1c(Br)ccc(Br)c1O.Cl. The van der Waals surface area contributed by atoms with Crippen LogP contribution in [0, 0.1) is 5.41 Å². The van der Waals surface area contributed by atoms with Gasteiger partial charge in [-0.15, -0.1) is 12.4 Å². The van der Waals surface area contributed by atoms with Crippen LogP contribution in [0.25, 0.3) is 0 Å². The van der Waals surface area contributed by atoms with Gasteiger partial charge in [-0.2, -0.15) is 0 Å². The summed E-state index contributed by atoms with van der Waals surface area (Å²) < 4.78 is 1.33. The molecule has 17 heavy (non-hydrogen) atoms. The number of nitrogens with two attached hydrogens (primary N) is 1. The maximum absolute atomic E-state index is 9.97. The number of hydrogen-bond acceptors (Lipinski definition) is 3. The highest BCUT2D eigenvalue weighted by Crippen LogP contribution is 2.42. The fraction of sp³-hybridized carbons (Fsp3) is 0.455. The van der Waals surface area contributed by atoms with Crippen LogP contribution in [-0.2, 0) is 0 Å². The third kappa shape index (κ3) is 3.58. The molecule has 0 saturated carbocycles. The number of aliphatic hydroxyl groups excluding tert-OH is 1. The smallest absolute Gasteiger partial charge is 0.135 e. The van der Waals surface area contributed by atoms with E-state index in [4.69, 9.17) is 5.73 Å². The van der Waals surface area contributed by atoms with E-state index in [9.17, 15) is 10.2 Å². The summed E-state index contributed by atoms with van der Waals surface area (Å²) in [5, 5.41) is 19.3. The van der Waals surface area contributed by atoms with Crippen LogP contribution in [0.5, 0.6) is 5.75 Å². The fourth-order valence-corrected chi connectivity index (χ4v) is 2.25. The number of phenols is 1. The minimum absolute atomic E-state index is 0. The molecule has 6 heteroatoms. The molecule has 0 radical (unpaired) electrons. The Kier molecular flexibility index (Phi) is 6.46. The first-order valence-corrected chi connectivity index (χ1v) is 6.43. The Morgan fingerprint density at radius 3 is 2.24 bits per heavy atom. The second-order valence-electron chi connectivity index (χ2n) is 4.42. The molecule has 0 aromatic heterocycles. The molecule has 0 amide bonds. The summed E-state index contributed by atoms with van der Waals surface area (Å²) in [6.45, 7) is 3.65. The molecule has 0 heterocycles. The molecule has 1 aromatic rings. The number of aromatic hydroxyl groups is 1. The summed E-state index contributed by atoms with van der Waals surface area (Å²) in [5.41, 5.74) is 6.19. The van der Waals surface area contributed by atoms with Gasteiger partial charge in [0.2, 0.25) is 0 Å². The molecular formula is C11H16Br2ClNO2. The lowest BCUT2D eigenvalue weighted by Gasteiger charge is -2.31. The van der Waals surface area contributed by atoms with E-state index in [1.807, 2.05) is 19.9 Å². The van der Waals surface area contributed by atoms with Crippen LogP contribution in [0.15, 0.2) is 21.1 Å². The summed E-state index contributed by atoms with van der Waals surface area (Å²) in [7, 11) is 0. The Morgan fingerprint density at radius 1 is 1.29 bits per heavy atom. The van der Waals surface area contributed by atoms with E-state index < -0.39 is 11.5 Å². The van der Waals surface area contributed by atoms with E-state index in [1.165, 1.54) is 0 Å². The molecule has 98 valence electrons. The minimum Gasteiger partial charge on any atom is -0.506 e. The third-order valence-electron chi connectivity index (χ3n) is 2.68. The van der Waals surface area contributed by atoms with Crippen LogP contribution in [0.4, 0.5) is 0 Å². The van der Waals surface area contributed by atoms with Crippen LogP contribution in [-0.4, -0.2) is 16.8 Å². The second-order valence-corrected chi connectivity index (χ2v) is 6.12. The van der Waals surface area contributed by atoms with Crippen molar-refractivity contribution in [1.82, 2.24) is 0 Å². The monoisotopic (exact) mass is 387 g/mol. The van der Waals surface area contributed by atoms with Gasteiger partial charge in [0.05, 0.1) is 4.47 Å². The van der Waals surface area contributed by atoms with Crippen molar-refractivity contribution in [2.45, 2.75) is 19.9 Å². The second kappa shape index (κ2) is 6.38. The number of aliphatic hydroxyl groups is 1. The van der Waals surface area contributed by atoms with E-state index in [1.54, 1.807) is 6.07 Å². The fourth-order valence-electron chi connectivity index (χ4n) is 1.34. The first-order chi connectivity index (χ1) is 7.31. The highest BCUT2D eigenvalue weighted by atomic mass is 79.9. The zero-order valence-corrected chi connectivity index (χ0v) is 13.6.